The molecule has 18 heavy (non-hydrogen) atoms. The first-order chi connectivity index (χ1) is 8.70. The lowest BCUT2D eigenvalue weighted by atomic mass is 10.1. The number of hydrogen-bond donors (Lipinski definition) is 1. The van der Waals surface area contributed by atoms with Gasteiger partial charge in [0.05, 0.1) is 5.56 Å². The number of thioether (sulfide) groups is 1. The summed E-state index contributed by atoms with van der Waals surface area (Å²) in [6.45, 7) is 2.15. The molecule has 2 atom stereocenters. The highest BCUT2D eigenvalue weighted by atomic mass is 32.2. The Morgan fingerprint density at radius 3 is 2.94 bits per heavy atom. The Balaban J connectivity index is 1.91. The van der Waals surface area contributed by atoms with E-state index in [0.717, 1.165) is 25.0 Å². The number of rotatable bonds is 4. The minimum atomic E-state index is -0.451. The number of benzene rings is 1. The van der Waals surface area contributed by atoms with Crippen LogP contribution in [-0.2, 0) is 0 Å². The van der Waals surface area contributed by atoms with Crippen LogP contribution in [0.15, 0.2) is 24.3 Å². The van der Waals surface area contributed by atoms with Gasteiger partial charge in [-0.05, 0) is 37.1 Å². The van der Waals surface area contributed by atoms with Gasteiger partial charge in [0.1, 0.15) is 5.82 Å². The third-order valence-corrected chi connectivity index (χ3v) is 4.47. The molecule has 2 nitrogen and oxygen atoms in total. The summed E-state index contributed by atoms with van der Waals surface area (Å²) in [5, 5.41) is 3.57. The van der Waals surface area contributed by atoms with Crippen molar-refractivity contribution in [3.05, 3.63) is 35.6 Å². The van der Waals surface area contributed by atoms with Crippen molar-refractivity contribution in [2.75, 3.05) is 5.75 Å². The fraction of sp³-hybridized carbons (Fsp3) is 0.500. The average Bonchev–Trinajstić information content (AvgIpc) is 2.77. The minimum absolute atomic E-state index is 0.143. The summed E-state index contributed by atoms with van der Waals surface area (Å²) >= 11 is 1.94. The van der Waals surface area contributed by atoms with E-state index in [4.69, 9.17) is 0 Å². The zero-order valence-electron chi connectivity index (χ0n) is 10.5. The van der Waals surface area contributed by atoms with Gasteiger partial charge in [-0.15, -0.1) is 0 Å². The van der Waals surface area contributed by atoms with Crippen molar-refractivity contribution < 1.29 is 9.18 Å². The third kappa shape index (κ3) is 3.25. The second-order valence-corrected chi connectivity index (χ2v) is 6.12. The number of carbonyl (C=O) groups is 1. The van der Waals surface area contributed by atoms with E-state index in [-0.39, 0.29) is 17.5 Å². The summed E-state index contributed by atoms with van der Waals surface area (Å²) in [5.74, 6) is 0.367. The largest absolute Gasteiger partial charge is 0.349 e. The number of amides is 1. The zero-order chi connectivity index (χ0) is 13.0. The molecule has 1 aromatic carbocycles. The zero-order valence-corrected chi connectivity index (χ0v) is 11.3. The molecule has 2 unspecified atom stereocenters. The topological polar surface area (TPSA) is 29.1 Å². The van der Waals surface area contributed by atoms with E-state index in [1.807, 2.05) is 11.8 Å². The van der Waals surface area contributed by atoms with Crippen molar-refractivity contribution in [1.82, 2.24) is 5.32 Å². The Morgan fingerprint density at radius 2 is 2.22 bits per heavy atom. The van der Waals surface area contributed by atoms with E-state index in [9.17, 15) is 9.18 Å². The Labute approximate surface area is 111 Å². The second-order valence-electron chi connectivity index (χ2n) is 4.54. The van der Waals surface area contributed by atoms with Crippen LogP contribution in [0.3, 0.4) is 0 Å². The number of nitrogens with one attached hydrogen (secondary N) is 1. The minimum Gasteiger partial charge on any atom is -0.349 e. The highest BCUT2D eigenvalue weighted by Gasteiger charge is 2.26. The molecule has 98 valence electrons. The van der Waals surface area contributed by atoms with Crippen LogP contribution in [-0.4, -0.2) is 23.0 Å². The van der Waals surface area contributed by atoms with E-state index in [1.165, 1.54) is 12.1 Å². The Morgan fingerprint density at radius 1 is 1.44 bits per heavy atom. The van der Waals surface area contributed by atoms with Gasteiger partial charge >= 0.3 is 0 Å². The monoisotopic (exact) mass is 267 g/mol. The second kappa shape index (κ2) is 6.23. The summed E-state index contributed by atoms with van der Waals surface area (Å²) in [4.78, 5) is 11.9. The van der Waals surface area contributed by atoms with Crippen LogP contribution in [0.25, 0.3) is 0 Å². The lowest BCUT2D eigenvalue weighted by Gasteiger charge is -2.13. The van der Waals surface area contributed by atoms with Gasteiger partial charge in [-0.2, -0.15) is 11.8 Å². The van der Waals surface area contributed by atoms with Crippen LogP contribution in [0.5, 0.6) is 0 Å². The van der Waals surface area contributed by atoms with Gasteiger partial charge < -0.3 is 5.32 Å². The maximum absolute atomic E-state index is 13.4. The molecule has 2 rings (SSSR count). The molecular formula is C14H18FNOS. The molecule has 1 aliphatic rings. The molecule has 1 fully saturated rings. The van der Waals surface area contributed by atoms with Crippen molar-refractivity contribution in [2.24, 2.45) is 0 Å². The number of halogens is 1. The Bertz CT molecular complexity index is 424. The molecule has 1 saturated carbocycles. The van der Waals surface area contributed by atoms with Gasteiger partial charge in [0.25, 0.3) is 5.91 Å². The molecule has 0 aliphatic heterocycles. The molecule has 1 aromatic rings. The van der Waals surface area contributed by atoms with Gasteiger partial charge in [-0.25, -0.2) is 4.39 Å². The van der Waals surface area contributed by atoms with Crippen LogP contribution >= 0.6 is 11.8 Å². The third-order valence-electron chi connectivity index (χ3n) is 3.24. The van der Waals surface area contributed by atoms with E-state index < -0.39 is 5.82 Å². The van der Waals surface area contributed by atoms with Crippen molar-refractivity contribution in [3.63, 3.8) is 0 Å². The lowest BCUT2D eigenvalue weighted by molar-refractivity contribution is 0.0934. The van der Waals surface area contributed by atoms with Gasteiger partial charge in [0.15, 0.2) is 0 Å². The van der Waals surface area contributed by atoms with Crippen LogP contribution < -0.4 is 5.32 Å². The predicted molar refractivity (Wildman–Crippen MR) is 73.4 cm³/mol. The molecule has 0 spiro atoms. The molecule has 0 heterocycles. The summed E-state index contributed by atoms with van der Waals surface area (Å²) in [5.41, 5.74) is 0.143. The first-order valence-electron chi connectivity index (χ1n) is 6.37. The van der Waals surface area contributed by atoms with Gasteiger partial charge in [-0.1, -0.05) is 19.1 Å². The standard InChI is InChI=1S/C14H18FNOS/c1-2-18-11-8-7-10(9-11)16-14(17)12-5-3-4-6-13(12)15/h3-6,10-11H,2,7-9H2,1H3,(H,16,17). The van der Waals surface area contributed by atoms with E-state index in [1.54, 1.807) is 12.1 Å². The van der Waals surface area contributed by atoms with E-state index in [0.29, 0.717) is 5.25 Å². The van der Waals surface area contributed by atoms with Crippen molar-refractivity contribution in [2.45, 2.75) is 37.5 Å². The summed E-state index contributed by atoms with van der Waals surface area (Å²) in [6.07, 6.45) is 3.14. The van der Waals surface area contributed by atoms with Crippen LogP contribution in [0.1, 0.15) is 36.5 Å². The van der Waals surface area contributed by atoms with E-state index in [2.05, 4.69) is 12.2 Å². The first kappa shape index (κ1) is 13.4. The van der Waals surface area contributed by atoms with Crippen molar-refractivity contribution in [1.29, 1.82) is 0 Å². The fourth-order valence-corrected chi connectivity index (χ4v) is 3.51. The summed E-state index contributed by atoms with van der Waals surface area (Å²) in [7, 11) is 0. The highest BCUT2D eigenvalue weighted by Crippen LogP contribution is 2.29. The molecule has 1 aliphatic carbocycles. The van der Waals surface area contributed by atoms with Crippen molar-refractivity contribution >= 4 is 17.7 Å². The molecule has 0 radical (unpaired) electrons. The molecule has 1 N–H and O–H groups in total. The van der Waals surface area contributed by atoms with Crippen LogP contribution in [0.4, 0.5) is 4.39 Å². The van der Waals surface area contributed by atoms with E-state index >= 15 is 0 Å². The molecule has 0 aromatic heterocycles. The Hall–Kier alpha value is -1.03. The molecule has 4 heteroatoms. The number of carbonyl (C=O) groups excluding carboxylic acids is 1. The molecule has 1 amide bonds. The molecular weight excluding hydrogens is 249 g/mol. The smallest absolute Gasteiger partial charge is 0.254 e. The number of hydrogen-bond acceptors (Lipinski definition) is 2. The fourth-order valence-electron chi connectivity index (χ4n) is 2.37. The van der Waals surface area contributed by atoms with Crippen molar-refractivity contribution in [3.8, 4) is 0 Å². The maximum atomic E-state index is 13.4. The van der Waals surface area contributed by atoms with Crippen LogP contribution in [0.2, 0.25) is 0 Å². The summed E-state index contributed by atoms with van der Waals surface area (Å²) < 4.78 is 13.4. The van der Waals surface area contributed by atoms with Gasteiger partial charge in [-0.3, -0.25) is 4.79 Å². The first-order valence-corrected chi connectivity index (χ1v) is 7.42. The van der Waals surface area contributed by atoms with Crippen LogP contribution in [0, 0.1) is 5.82 Å². The summed E-state index contributed by atoms with van der Waals surface area (Å²) in [6, 6.07) is 6.32. The predicted octanol–water partition coefficient (Wildman–Crippen LogP) is 3.23. The SMILES string of the molecule is CCSC1CCC(NC(=O)c2ccccc2F)C1. The quantitative estimate of drug-likeness (QED) is 0.907. The molecule has 0 bridgehead atoms. The molecule has 0 saturated heterocycles. The van der Waals surface area contributed by atoms with Gasteiger partial charge in [0, 0.05) is 11.3 Å². The Kier molecular flexibility index (Phi) is 4.64. The van der Waals surface area contributed by atoms with Gasteiger partial charge in [0.2, 0.25) is 0 Å². The average molecular weight is 267 g/mol. The maximum Gasteiger partial charge on any atom is 0.254 e. The lowest BCUT2D eigenvalue weighted by Crippen LogP contribution is -2.33. The normalized spacial score (nSPS) is 23.0. The highest BCUT2D eigenvalue weighted by molar-refractivity contribution is 7.99.